The van der Waals surface area contributed by atoms with Gasteiger partial charge in [-0.05, 0) is 78.3 Å². The van der Waals surface area contributed by atoms with Gasteiger partial charge in [-0.1, -0.05) is 90.5 Å². The van der Waals surface area contributed by atoms with E-state index in [2.05, 4.69) is 144 Å². The van der Waals surface area contributed by atoms with Gasteiger partial charge in [-0.15, -0.1) is 0 Å². The molecular weight excluding hydrogens is 524 g/mol. The maximum absolute atomic E-state index is 5.28. The predicted octanol–water partition coefficient (Wildman–Crippen LogP) is 9.97. The van der Waals surface area contributed by atoms with Crippen LogP contribution in [0, 0.1) is 6.92 Å². The van der Waals surface area contributed by atoms with Gasteiger partial charge < -0.3 is 9.97 Å². The van der Waals surface area contributed by atoms with Crippen molar-refractivity contribution in [2.24, 2.45) is 0 Å². The minimum atomic E-state index is 0.894. The third-order valence-electron chi connectivity index (χ3n) is 8.04. The Morgan fingerprint density at radius 2 is 0.837 bits per heavy atom. The highest BCUT2D eigenvalue weighted by molar-refractivity contribution is 5.96. The fraction of sp³-hybridized carbons (Fsp3) is 0.0256. The molecule has 3 aromatic carbocycles. The highest BCUT2D eigenvalue weighted by atomic mass is 14.8. The molecule has 43 heavy (non-hydrogen) atoms. The number of aromatic nitrogens is 4. The number of hydrogen-bond donors (Lipinski definition) is 2. The van der Waals surface area contributed by atoms with E-state index in [1.807, 2.05) is 12.1 Å². The quantitative estimate of drug-likeness (QED) is 0.229. The third kappa shape index (κ3) is 4.59. The second kappa shape index (κ2) is 10.3. The minimum absolute atomic E-state index is 0.894. The summed E-state index contributed by atoms with van der Waals surface area (Å²) in [6.45, 7) is 2.11. The monoisotopic (exact) mass is 552 g/mol. The molecule has 2 aliphatic heterocycles. The Bertz CT molecular complexity index is 2080. The summed E-state index contributed by atoms with van der Waals surface area (Å²) in [6.07, 6.45) is 8.48. The molecule has 0 atom stereocenters. The summed E-state index contributed by atoms with van der Waals surface area (Å²) in [7, 11) is 0. The highest BCUT2D eigenvalue weighted by Gasteiger charge is 2.18. The number of hydrogen-bond acceptors (Lipinski definition) is 2. The largest absolute Gasteiger partial charge is 0.355 e. The van der Waals surface area contributed by atoms with Gasteiger partial charge in [-0.25, -0.2) is 9.97 Å². The van der Waals surface area contributed by atoms with Gasteiger partial charge in [0.15, 0.2) is 0 Å². The fourth-order valence-electron chi connectivity index (χ4n) is 5.97. The molecule has 0 fully saturated rings. The highest BCUT2D eigenvalue weighted by Crippen LogP contribution is 2.36. The Balaban J connectivity index is 1.54. The van der Waals surface area contributed by atoms with Gasteiger partial charge in [-0.2, -0.15) is 0 Å². The number of fused-ring (bicyclic) bond motifs is 8. The molecule has 5 heterocycles. The first-order valence-electron chi connectivity index (χ1n) is 14.5. The van der Waals surface area contributed by atoms with Crippen LogP contribution in [0.2, 0.25) is 0 Å². The average Bonchev–Trinajstić information content (AvgIpc) is 3.86. The molecule has 6 aromatic rings. The molecule has 2 N–H and O–H groups in total. The lowest BCUT2D eigenvalue weighted by molar-refractivity contribution is 1.27. The molecule has 0 aliphatic carbocycles. The average molecular weight is 553 g/mol. The molecule has 204 valence electrons. The summed E-state index contributed by atoms with van der Waals surface area (Å²) in [5.41, 5.74) is 15.3. The molecule has 8 bridgehead atoms. The molecule has 0 saturated heterocycles. The van der Waals surface area contributed by atoms with E-state index >= 15 is 0 Å². The van der Waals surface area contributed by atoms with E-state index in [4.69, 9.17) is 9.97 Å². The number of aromatic amines is 2. The molecule has 0 amide bonds. The lowest BCUT2D eigenvalue weighted by Crippen LogP contribution is -1.91. The number of nitrogens with zero attached hydrogens (tertiary/aromatic N) is 2. The summed E-state index contributed by atoms with van der Waals surface area (Å²) in [6, 6.07) is 40.2. The van der Waals surface area contributed by atoms with Crippen LogP contribution < -0.4 is 0 Å². The van der Waals surface area contributed by atoms with Crippen molar-refractivity contribution < 1.29 is 0 Å². The molecule has 0 spiro atoms. The summed E-state index contributed by atoms with van der Waals surface area (Å²) in [5, 5.41) is 0. The molecular formula is C39H28N4. The predicted molar refractivity (Wildman–Crippen MR) is 180 cm³/mol. The van der Waals surface area contributed by atoms with Crippen LogP contribution in [0.25, 0.3) is 79.8 Å². The van der Waals surface area contributed by atoms with Crippen molar-refractivity contribution in [2.45, 2.75) is 6.92 Å². The van der Waals surface area contributed by atoms with Crippen LogP contribution in [-0.2, 0) is 0 Å². The second-order valence-corrected chi connectivity index (χ2v) is 11.0. The van der Waals surface area contributed by atoms with Crippen LogP contribution in [0.15, 0.2) is 115 Å². The Morgan fingerprint density at radius 1 is 0.419 bits per heavy atom. The zero-order chi connectivity index (χ0) is 28.8. The van der Waals surface area contributed by atoms with Crippen LogP contribution in [-0.4, -0.2) is 19.9 Å². The van der Waals surface area contributed by atoms with Gasteiger partial charge >= 0.3 is 0 Å². The van der Waals surface area contributed by atoms with Crippen LogP contribution >= 0.6 is 0 Å². The number of benzene rings is 3. The van der Waals surface area contributed by atoms with Crippen molar-refractivity contribution in [2.75, 3.05) is 0 Å². The van der Waals surface area contributed by atoms with E-state index in [0.717, 1.165) is 78.2 Å². The van der Waals surface area contributed by atoms with Gasteiger partial charge in [0.1, 0.15) is 0 Å². The van der Waals surface area contributed by atoms with Crippen molar-refractivity contribution >= 4 is 46.4 Å². The molecule has 4 heteroatoms. The maximum Gasteiger partial charge on any atom is 0.0738 e. The Kier molecular flexibility index (Phi) is 5.97. The van der Waals surface area contributed by atoms with E-state index in [-0.39, 0.29) is 0 Å². The molecule has 8 rings (SSSR count). The first-order valence-corrected chi connectivity index (χ1v) is 14.5. The normalized spacial score (nSPS) is 12.1. The molecule has 0 radical (unpaired) electrons. The van der Waals surface area contributed by atoms with E-state index in [1.54, 1.807) is 0 Å². The van der Waals surface area contributed by atoms with E-state index in [1.165, 1.54) is 5.56 Å². The van der Waals surface area contributed by atoms with Crippen molar-refractivity contribution in [3.05, 3.63) is 144 Å². The number of rotatable bonds is 3. The molecule has 2 aliphatic rings. The van der Waals surface area contributed by atoms with E-state index in [0.29, 0.717) is 0 Å². The molecule has 4 nitrogen and oxygen atoms in total. The Morgan fingerprint density at radius 3 is 1.30 bits per heavy atom. The fourth-order valence-corrected chi connectivity index (χ4v) is 5.97. The van der Waals surface area contributed by atoms with E-state index in [9.17, 15) is 0 Å². The number of H-pyrrole nitrogens is 2. The van der Waals surface area contributed by atoms with Crippen LogP contribution in [0.1, 0.15) is 28.3 Å². The topological polar surface area (TPSA) is 57.4 Å². The minimum Gasteiger partial charge on any atom is -0.355 e. The van der Waals surface area contributed by atoms with Crippen LogP contribution in [0.5, 0.6) is 0 Å². The summed E-state index contributed by atoms with van der Waals surface area (Å²) in [4.78, 5) is 17.9. The zero-order valence-electron chi connectivity index (χ0n) is 23.7. The van der Waals surface area contributed by atoms with Crippen LogP contribution in [0.4, 0.5) is 0 Å². The SMILES string of the molecule is Cc1ccc(-c2c3nc(c(-c4ccccc4)c4ccc(cc5ccc([nH]5)c(-c5ccccc5)c5nc2C=C5)[nH]4)C=C3)cc1. The van der Waals surface area contributed by atoms with Crippen molar-refractivity contribution in [1.82, 2.24) is 19.9 Å². The number of nitrogens with one attached hydrogen (secondary N) is 2. The third-order valence-corrected chi connectivity index (χ3v) is 8.04. The van der Waals surface area contributed by atoms with Crippen molar-refractivity contribution in [3.63, 3.8) is 0 Å². The lowest BCUT2D eigenvalue weighted by Gasteiger charge is -2.07. The lowest BCUT2D eigenvalue weighted by atomic mass is 10.0. The van der Waals surface area contributed by atoms with Crippen LogP contribution in [0.3, 0.4) is 0 Å². The van der Waals surface area contributed by atoms with Gasteiger partial charge in [0.2, 0.25) is 0 Å². The Hall–Kier alpha value is -5.74. The Labute approximate surface area is 249 Å². The first kappa shape index (κ1) is 25.0. The van der Waals surface area contributed by atoms with Gasteiger partial charge in [0.05, 0.1) is 22.8 Å². The van der Waals surface area contributed by atoms with Crippen molar-refractivity contribution in [1.29, 1.82) is 0 Å². The molecule has 0 unspecified atom stereocenters. The first-order chi connectivity index (χ1) is 21.2. The summed E-state index contributed by atoms with van der Waals surface area (Å²) >= 11 is 0. The number of aryl methyl sites for hydroxylation is 1. The van der Waals surface area contributed by atoms with E-state index < -0.39 is 0 Å². The molecule has 3 aromatic heterocycles. The van der Waals surface area contributed by atoms with Crippen molar-refractivity contribution in [3.8, 4) is 33.4 Å². The summed E-state index contributed by atoms with van der Waals surface area (Å²) in [5.74, 6) is 0. The van der Waals surface area contributed by atoms with Gasteiger partial charge in [0, 0.05) is 38.8 Å². The smallest absolute Gasteiger partial charge is 0.0738 e. The maximum atomic E-state index is 5.28. The summed E-state index contributed by atoms with van der Waals surface area (Å²) < 4.78 is 0. The zero-order valence-corrected chi connectivity index (χ0v) is 23.7. The van der Waals surface area contributed by atoms with Gasteiger partial charge in [0.25, 0.3) is 0 Å². The standard InChI is InChI=1S/C39H28N4/c1-25-12-14-28(15-13-25)39-35-22-20-33(42-35)37(26-8-4-2-5-9-26)31-18-16-29(40-31)24-30-17-19-32(41-30)38(27-10-6-3-7-11-27)34-21-23-36(39)43-34/h2-24,40-41H,1H3. The molecule has 0 saturated carbocycles. The van der Waals surface area contributed by atoms with Gasteiger partial charge in [-0.3, -0.25) is 0 Å². The second-order valence-electron chi connectivity index (χ2n) is 11.0.